The van der Waals surface area contributed by atoms with Crippen LogP contribution in [0.4, 0.5) is 22.4 Å². The van der Waals surface area contributed by atoms with Gasteiger partial charge in [0, 0.05) is 76.3 Å². The van der Waals surface area contributed by atoms with Gasteiger partial charge in [0.05, 0.1) is 30.8 Å². The minimum atomic E-state index is -0.177. The number of anilines is 3. The zero-order chi connectivity index (χ0) is 24.4. The third kappa shape index (κ3) is 5.24. The van der Waals surface area contributed by atoms with Crippen LogP contribution in [0.1, 0.15) is 12.8 Å². The van der Waals surface area contributed by atoms with Gasteiger partial charge in [-0.15, -0.1) is 0 Å². The van der Waals surface area contributed by atoms with Gasteiger partial charge in [0.15, 0.2) is 0 Å². The fraction of sp³-hybridized carbons (Fsp3) is 0.455. The summed E-state index contributed by atoms with van der Waals surface area (Å²) >= 11 is 0. The molecule has 3 aromatic heterocycles. The molecule has 0 aromatic carbocycles. The Morgan fingerprint density at radius 3 is 2.63 bits per heavy atom. The Kier molecular flexibility index (Phi) is 6.31. The molecular weight excluding hydrogens is 452 g/mol. The van der Waals surface area contributed by atoms with Crippen LogP contribution >= 0.6 is 0 Å². The lowest BCUT2D eigenvalue weighted by Crippen LogP contribution is -2.51. The summed E-state index contributed by atoms with van der Waals surface area (Å²) in [5.41, 5.74) is 7.67. The van der Waals surface area contributed by atoms with E-state index in [1.165, 1.54) is 0 Å². The van der Waals surface area contributed by atoms with Crippen LogP contribution in [0.15, 0.2) is 30.9 Å². The normalized spacial score (nSPS) is 19.7. The van der Waals surface area contributed by atoms with Gasteiger partial charge in [-0.25, -0.2) is 19.7 Å². The van der Waals surface area contributed by atoms with Crippen molar-refractivity contribution in [1.82, 2.24) is 34.6 Å². The first-order valence-electron chi connectivity index (χ1n) is 11.4. The van der Waals surface area contributed by atoms with Crippen molar-refractivity contribution in [2.75, 3.05) is 49.3 Å². The first-order chi connectivity index (χ1) is 16.9. The summed E-state index contributed by atoms with van der Waals surface area (Å²) in [6, 6.07) is 1.68. The number of rotatable bonds is 6. The van der Waals surface area contributed by atoms with Crippen molar-refractivity contribution in [1.29, 1.82) is 0 Å². The molecule has 3 N–H and O–H groups in total. The summed E-state index contributed by atoms with van der Waals surface area (Å²) in [6.07, 6.45) is 7.98. The number of nitrogens with two attached hydrogens (primary N) is 1. The molecule has 0 spiro atoms. The smallest absolute Gasteiger partial charge is 0.321 e. The molecule has 13 heteroatoms. The second-order valence-electron chi connectivity index (χ2n) is 8.63. The van der Waals surface area contributed by atoms with Gasteiger partial charge in [0.25, 0.3) is 0 Å². The lowest BCUT2D eigenvalue weighted by molar-refractivity contribution is 0.0431. The summed E-state index contributed by atoms with van der Waals surface area (Å²) in [4.78, 5) is 33.8. The number of morpholine rings is 1. The number of hydrogen-bond donors (Lipinski definition) is 2. The number of ether oxygens (including phenoxy) is 2. The molecule has 1 saturated carbocycles. The van der Waals surface area contributed by atoms with Crippen LogP contribution < -0.4 is 20.7 Å². The zero-order valence-corrected chi connectivity index (χ0v) is 19.7. The Labute approximate surface area is 202 Å². The Hall–Kier alpha value is -4.00. The molecule has 2 amide bonds. The van der Waals surface area contributed by atoms with E-state index in [1.807, 2.05) is 0 Å². The van der Waals surface area contributed by atoms with Gasteiger partial charge in [-0.05, 0) is 0 Å². The predicted molar refractivity (Wildman–Crippen MR) is 128 cm³/mol. The van der Waals surface area contributed by atoms with Crippen LogP contribution in [0.5, 0.6) is 5.88 Å². The Morgan fingerprint density at radius 1 is 1.20 bits per heavy atom. The second kappa shape index (κ2) is 9.70. The summed E-state index contributed by atoms with van der Waals surface area (Å²) in [5, 5.41) is 6.92. The molecule has 1 aliphatic carbocycles. The molecule has 3 aromatic rings. The lowest BCUT2D eigenvalue weighted by Gasteiger charge is -2.40. The highest BCUT2D eigenvalue weighted by Crippen LogP contribution is 2.31. The molecule has 2 fully saturated rings. The van der Waals surface area contributed by atoms with Crippen LogP contribution in [0.3, 0.4) is 0 Å². The molecule has 0 bridgehead atoms. The standard InChI is InChI=1S/C22H28N10O3/c1-30-13-15(12-26-30)27-22(33)31(2)16-7-17(8-16)35-19-9-18(14-10-24-20(23)25-11-14)28-21(29-19)32-3-5-34-6-4-32/h9-13,16-17H,3-8H2,1-2H3,(H,27,33)(H2,23,24,25)/t16-,17-. The number of hydrogen-bond acceptors (Lipinski definition) is 10. The van der Waals surface area contributed by atoms with Gasteiger partial charge < -0.3 is 30.3 Å². The first-order valence-corrected chi connectivity index (χ1v) is 11.4. The first kappa shape index (κ1) is 22.8. The van der Waals surface area contributed by atoms with Crippen molar-refractivity contribution in [2.45, 2.75) is 25.0 Å². The van der Waals surface area contributed by atoms with E-state index in [2.05, 4.69) is 30.3 Å². The molecule has 35 heavy (non-hydrogen) atoms. The van der Waals surface area contributed by atoms with Crippen molar-refractivity contribution in [3.63, 3.8) is 0 Å². The third-order valence-corrected chi connectivity index (χ3v) is 6.13. The quantitative estimate of drug-likeness (QED) is 0.526. The fourth-order valence-electron chi connectivity index (χ4n) is 3.98. The molecule has 2 aliphatic rings. The van der Waals surface area contributed by atoms with E-state index in [1.54, 1.807) is 54.5 Å². The van der Waals surface area contributed by atoms with E-state index in [0.29, 0.717) is 62.4 Å². The van der Waals surface area contributed by atoms with Crippen molar-refractivity contribution in [3.05, 3.63) is 30.9 Å². The summed E-state index contributed by atoms with van der Waals surface area (Å²) in [6.45, 7) is 2.63. The minimum Gasteiger partial charge on any atom is -0.474 e. The molecule has 13 nitrogen and oxygen atoms in total. The van der Waals surface area contributed by atoms with Crippen molar-refractivity contribution < 1.29 is 14.3 Å². The Morgan fingerprint density at radius 2 is 1.94 bits per heavy atom. The highest BCUT2D eigenvalue weighted by Gasteiger charge is 2.36. The largest absolute Gasteiger partial charge is 0.474 e. The van der Waals surface area contributed by atoms with Crippen LogP contribution in [0.2, 0.25) is 0 Å². The van der Waals surface area contributed by atoms with Crippen LogP contribution in [0.25, 0.3) is 11.3 Å². The van der Waals surface area contributed by atoms with E-state index in [0.717, 1.165) is 5.56 Å². The summed E-state index contributed by atoms with van der Waals surface area (Å²) in [7, 11) is 3.59. The maximum atomic E-state index is 12.5. The molecule has 1 aliphatic heterocycles. The molecule has 0 unspecified atom stereocenters. The van der Waals surface area contributed by atoms with Crippen LogP contribution in [-0.2, 0) is 11.8 Å². The molecule has 184 valence electrons. The van der Waals surface area contributed by atoms with Gasteiger partial charge in [-0.3, -0.25) is 4.68 Å². The second-order valence-corrected chi connectivity index (χ2v) is 8.63. The molecule has 4 heterocycles. The number of aromatic nitrogens is 6. The highest BCUT2D eigenvalue weighted by molar-refractivity contribution is 5.89. The van der Waals surface area contributed by atoms with Crippen LogP contribution in [0, 0.1) is 0 Å². The van der Waals surface area contributed by atoms with E-state index < -0.39 is 0 Å². The average molecular weight is 481 g/mol. The maximum Gasteiger partial charge on any atom is 0.321 e. The predicted octanol–water partition coefficient (Wildman–Crippen LogP) is 1.16. The Bertz CT molecular complexity index is 1170. The number of carbonyl (C=O) groups is 1. The topological polar surface area (TPSA) is 149 Å². The van der Waals surface area contributed by atoms with Gasteiger partial charge in [-0.1, -0.05) is 0 Å². The SMILES string of the molecule is Cn1cc(NC(=O)N(C)[C@H]2C[C@H](Oc3cc(-c4cnc(N)nc4)nc(N4CCOCC4)n3)C2)cn1. The fourth-order valence-corrected chi connectivity index (χ4v) is 3.98. The lowest BCUT2D eigenvalue weighted by atomic mass is 9.88. The monoisotopic (exact) mass is 480 g/mol. The van der Waals surface area contributed by atoms with E-state index >= 15 is 0 Å². The number of aryl methyl sites for hydroxylation is 1. The van der Waals surface area contributed by atoms with Gasteiger partial charge in [0.2, 0.25) is 17.8 Å². The van der Waals surface area contributed by atoms with Gasteiger partial charge in [0.1, 0.15) is 6.10 Å². The minimum absolute atomic E-state index is 0.0587. The summed E-state index contributed by atoms with van der Waals surface area (Å²) < 4.78 is 13.3. The highest BCUT2D eigenvalue weighted by atomic mass is 16.5. The molecule has 5 rings (SSSR count). The van der Waals surface area contributed by atoms with Crippen molar-refractivity contribution >= 4 is 23.6 Å². The summed E-state index contributed by atoms with van der Waals surface area (Å²) in [5.74, 6) is 1.24. The van der Waals surface area contributed by atoms with Gasteiger partial charge in [-0.2, -0.15) is 10.1 Å². The molecule has 0 atom stereocenters. The zero-order valence-electron chi connectivity index (χ0n) is 19.7. The molecular formula is C22H28N10O3. The third-order valence-electron chi connectivity index (χ3n) is 6.13. The molecule has 0 radical (unpaired) electrons. The average Bonchev–Trinajstić information content (AvgIpc) is 3.26. The maximum absolute atomic E-state index is 12.5. The van der Waals surface area contributed by atoms with E-state index in [4.69, 9.17) is 20.2 Å². The molecule has 1 saturated heterocycles. The van der Waals surface area contributed by atoms with Crippen molar-refractivity contribution in [3.8, 4) is 17.1 Å². The van der Waals surface area contributed by atoms with E-state index in [-0.39, 0.29) is 24.1 Å². The number of amides is 2. The number of carbonyl (C=O) groups excluding carboxylic acids is 1. The number of nitrogens with zero attached hydrogens (tertiary/aromatic N) is 8. The van der Waals surface area contributed by atoms with E-state index in [9.17, 15) is 4.79 Å². The van der Waals surface area contributed by atoms with Crippen molar-refractivity contribution in [2.24, 2.45) is 7.05 Å². The van der Waals surface area contributed by atoms with Gasteiger partial charge >= 0.3 is 6.03 Å². The number of urea groups is 1. The number of nitrogen functional groups attached to an aromatic ring is 1. The number of nitrogens with one attached hydrogen (secondary N) is 1. The Balaban J connectivity index is 1.26. The van der Waals surface area contributed by atoms with Crippen LogP contribution in [-0.4, -0.2) is 86.1 Å².